The van der Waals surface area contributed by atoms with Gasteiger partial charge in [-0.25, -0.2) is 4.98 Å². The normalized spacial score (nSPS) is 11.1. The van der Waals surface area contributed by atoms with Gasteiger partial charge >= 0.3 is 0 Å². The second-order valence-electron chi connectivity index (χ2n) is 3.02. The lowest BCUT2D eigenvalue weighted by Gasteiger charge is -1.92. The van der Waals surface area contributed by atoms with Gasteiger partial charge in [-0.05, 0) is 24.6 Å². The molecule has 0 saturated heterocycles. The van der Waals surface area contributed by atoms with Gasteiger partial charge in [-0.2, -0.15) is 0 Å². The van der Waals surface area contributed by atoms with Crippen molar-refractivity contribution in [1.29, 1.82) is 0 Å². The van der Waals surface area contributed by atoms with E-state index in [1.807, 2.05) is 18.2 Å². The number of hydrogen-bond donors (Lipinski definition) is 1. The third-order valence-electron chi connectivity index (χ3n) is 1.86. The van der Waals surface area contributed by atoms with E-state index < -0.39 is 0 Å². The van der Waals surface area contributed by atoms with Crippen LogP contribution in [0.2, 0.25) is 5.02 Å². The lowest BCUT2D eigenvalue weighted by Crippen LogP contribution is -1.84. The van der Waals surface area contributed by atoms with E-state index in [0.717, 1.165) is 31.8 Å². The Bertz CT molecular complexity index is 458. The van der Waals surface area contributed by atoms with E-state index in [1.54, 1.807) is 23.1 Å². The van der Waals surface area contributed by atoms with E-state index in [4.69, 9.17) is 16.7 Å². The maximum absolute atomic E-state index is 8.67. The molecule has 0 atom stereocenters. The number of rotatable bonds is 4. The quantitative estimate of drug-likeness (QED) is 0.675. The highest BCUT2D eigenvalue weighted by Crippen LogP contribution is 2.31. The number of halogens is 1. The van der Waals surface area contributed by atoms with Crippen molar-refractivity contribution in [2.24, 2.45) is 0 Å². The summed E-state index contributed by atoms with van der Waals surface area (Å²) in [6.07, 6.45) is 0.807. The topological polar surface area (TPSA) is 33.1 Å². The number of hydrogen-bond acceptors (Lipinski definition) is 4. The van der Waals surface area contributed by atoms with Crippen LogP contribution in [-0.4, -0.2) is 22.5 Å². The van der Waals surface area contributed by atoms with Crippen LogP contribution in [0.1, 0.15) is 6.42 Å². The smallest absolute Gasteiger partial charge is 0.151 e. The predicted octanol–water partition coefficient (Wildman–Crippen LogP) is 3.42. The van der Waals surface area contributed by atoms with E-state index in [0.29, 0.717) is 0 Å². The maximum Gasteiger partial charge on any atom is 0.151 e. The van der Waals surface area contributed by atoms with Crippen molar-refractivity contribution in [2.45, 2.75) is 10.8 Å². The second-order valence-corrected chi connectivity index (χ2v) is 5.83. The molecule has 1 N–H and O–H groups in total. The van der Waals surface area contributed by atoms with Crippen molar-refractivity contribution >= 4 is 44.9 Å². The first-order valence-corrected chi connectivity index (χ1v) is 6.77. The Labute approximate surface area is 101 Å². The Morgan fingerprint density at radius 3 is 3.13 bits per heavy atom. The van der Waals surface area contributed by atoms with Crippen LogP contribution in [0.15, 0.2) is 22.5 Å². The molecule has 0 aliphatic rings. The van der Waals surface area contributed by atoms with Crippen molar-refractivity contribution in [3.8, 4) is 0 Å². The molecule has 0 spiro atoms. The number of thioether (sulfide) groups is 1. The second kappa shape index (κ2) is 5.16. The third-order valence-corrected chi connectivity index (χ3v) is 4.34. The number of benzene rings is 1. The fraction of sp³-hybridized carbons (Fsp3) is 0.300. The zero-order chi connectivity index (χ0) is 10.7. The monoisotopic (exact) mass is 259 g/mol. The van der Waals surface area contributed by atoms with Gasteiger partial charge in [-0.15, -0.1) is 11.3 Å². The SMILES string of the molecule is OCCCSc1nc2ccc(Cl)cc2s1. The van der Waals surface area contributed by atoms with Crippen LogP contribution < -0.4 is 0 Å². The first-order chi connectivity index (χ1) is 7.29. The fourth-order valence-electron chi connectivity index (χ4n) is 1.16. The molecule has 0 radical (unpaired) electrons. The molecular weight excluding hydrogens is 250 g/mol. The van der Waals surface area contributed by atoms with Crippen LogP contribution in [0.5, 0.6) is 0 Å². The Kier molecular flexibility index (Phi) is 3.86. The van der Waals surface area contributed by atoms with E-state index in [2.05, 4.69) is 4.98 Å². The van der Waals surface area contributed by atoms with Crippen LogP contribution in [0.4, 0.5) is 0 Å². The van der Waals surface area contributed by atoms with Crippen molar-refractivity contribution in [2.75, 3.05) is 12.4 Å². The molecule has 1 heterocycles. The van der Waals surface area contributed by atoms with Gasteiger partial charge in [0.25, 0.3) is 0 Å². The van der Waals surface area contributed by atoms with Crippen molar-refractivity contribution in [3.63, 3.8) is 0 Å². The van der Waals surface area contributed by atoms with Gasteiger partial charge < -0.3 is 5.11 Å². The Morgan fingerprint density at radius 2 is 2.33 bits per heavy atom. The maximum atomic E-state index is 8.67. The molecule has 0 fully saturated rings. The highest BCUT2D eigenvalue weighted by atomic mass is 35.5. The Hall–Kier alpha value is -0.290. The highest BCUT2D eigenvalue weighted by Gasteiger charge is 2.04. The summed E-state index contributed by atoms with van der Waals surface area (Å²) in [6.45, 7) is 0.240. The number of aliphatic hydroxyl groups is 1. The summed E-state index contributed by atoms with van der Waals surface area (Å²) in [5.41, 5.74) is 0.996. The zero-order valence-electron chi connectivity index (χ0n) is 7.94. The minimum atomic E-state index is 0.240. The first-order valence-electron chi connectivity index (χ1n) is 4.59. The summed E-state index contributed by atoms with van der Waals surface area (Å²) in [7, 11) is 0. The van der Waals surface area contributed by atoms with Crippen molar-refractivity contribution in [1.82, 2.24) is 4.98 Å². The molecule has 0 bridgehead atoms. The molecule has 0 aliphatic heterocycles. The summed E-state index contributed by atoms with van der Waals surface area (Å²) >= 11 is 9.22. The van der Waals surface area contributed by atoms with Gasteiger partial charge in [0.1, 0.15) is 0 Å². The molecule has 0 saturated carbocycles. The summed E-state index contributed by atoms with van der Waals surface area (Å²) in [6, 6.07) is 5.72. The minimum Gasteiger partial charge on any atom is -0.396 e. The summed E-state index contributed by atoms with van der Waals surface area (Å²) in [5.74, 6) is 0.907. The molecule has 1 aromatic carbocycles. The number of fused-ring (bicyclic) bond motifs is 1. The van der Waals surface area contributed by atoms with Gasteiger partial charge in [0.15, 0.2) is 4.34 Å². The number of aliphatic hydroxyl groups excluding tert-OH is 1. The van der Waals surface area contributed by atoms with Crippen LogP contribution in [0.25, 0.3) is 10.2 Å². The molecule has 0 unspecified atom stereocenters. The van der Waals surface area contributed by atoms with Crippen molar-refractivity contribution < 1.29 is 5.11 Å². The molecule has 2 rings (SSSR count). The molecule has 0 aliphatic carbocycles. The third kappa shape index (κ3) is 2.84. The predicted molar refractivity (Wildman–Crippen MR) is 67.1 cm³/mol. The average molecular weight is 260 g/mol. The molecule has 15 heavy (non-hydrogen) atoms. The Balaban J connectivity index is 2.16. The van der Waals surface area contributed by atoms with Crippen LogP contribution in [0, 0.1) is 0 Å². The zero-order valence-corrected chi connectivity index (χ0v) is 10.3. The minimum absolute atomic E-state index is 0.240. The van der Waals surface area contributed by atoms with E-state index >= 15 is 0 Å². The van der Waals surface area contributed by atoms with Crippen LogP contribution >= 0.6 is 34.7 Å². The van der Waals surface area contributed by atoms with E-state index in [1.165, 1.54) is 0 Å². The van der Waals surface area contributed by atoms with E-state index in [9.17, 15) is 0 Å². The molecule has 2 aromatic rings. The number of thiazole rings is 1. The molecule has 2 nitrogen and oxygen atoms in total. The lowest BCUT2D eigenvalue weighted by atomic mass is 10.3. The molecule has 1 aromatic heterocycles. The van der Waals surface area contributed by atoms with Gasteiger partial charge in [0.2, 0.25) is 0 Å². The molecule has 0 amide bonds. The Morgan fingerprint density at radius 1 is 1.47 bits per heavy atom. The highest BCUT2D eigenvalue weighted by molar-refractivity contribution is 8.01. The van der Waals surface area contributed by atoms with Gasteiger partial charge in [0, 0.05) is 17.4 Å². The standard InChI is InChI=1S/C10H10ClNOS2/c11-7-2-3-8-9(6-7)15-10(12-8)14-5-1-4-13/h2-3,6,13H,1,4-5H2. The van der Waals surface area contributed by atoms with Crippen LogP contribution in [-0.2, 0) is 0 Å². The first kappa shape index (κ1) is 11.2. The van der Waals surface area contributed by atoms with Gasteiger partial charge in [-0.1, -0.05) is 23.4 Å². The molecule has 5 heteroatoms. The summed E-state index contributed by atoms with van der Waals surface area (Å²) < 4.78 is 2.16. The average Bonchev–Trinajstić information content (AvgIpc) is 2.60. The number of aromatic nitrogens is 1. The molecular formula is C10H10ClNOS2. The van der Waals surface area contributed by atoms with Crippen molar-refractivity contribution in [3.05, 3.63) is 23.2 Å². The fourth-order valence-corrected chi connectivity index (χ4v) is 3.50. The summed E-state index contributed by atoms with van der Waals surface area (Å²) in [5, 5.41) is 9.42. The van der Waals surface area contributed by atoms with Crippen LogP contribution in [0.3, 0.4) is 0 Å². The van der Waals surface area contributed by atoms with Gasteiger partial charge in [0.05, 0.1) is 10.2 Å². The summed E-state index contributed by atoms with van der Waals surface area (Å²) in [4.78, 5) is 4.47. The number of nitrogens with zero attached hydrogens (tertiary/aromatic N) is 1. The van der Waals surface area contributed by atoms with Gasteiger partial charge in [-0.3, -0.25) is 0 Å². The lowest BCUT2D eigenvalue weighted by molar-refractivity contribution is 0.296. The van der Waals surface area contributed by atoms with E-state index in [-0.39, 0.29) is 6.61 Å². The molecule has 80 valence electrons. The largest absolute Gasteiger partial charge is 0.396 e.